The first-order chi connectivity index (χ1) is 60.3. The van der Waals surface area contributed by atoms with E-state index in [1.165, 1.54) is 68.6 Å². The van der Waals surface area contributed by atoms with E-state index in [1.54, 1.807) is 25.6 Å². The number of aryl methyl sites for hydroxylation is 8. The van der Waals surface area contributed by atoms with Crippen LogP contribution in [0.1, 0.15) is 133 Å². The van der Waals surface area contributed by atoms with Crippen molar-refractivity contribution in [3.05, 3.63) is 281 Å². The minimum absolute atomic E-state index is 0. The Morgan fingerprint density at radius 2 is 0.784 bits per heavy atom. The van der Waals surface area contributed by atoms with Crippen molar-refractivity contribution in [2.45, 2.75) is 126 Å². The van der Waals surface area contributed by atoms with Gasteiger partial charge in [0.2, 0.25) is 11.6 Å². The number of methoxy groups -OCH3 is 1. The minimum atomic E-state index is -0.581. The van der Waals surface area contributed by atoms with Crippen LogP contribution in [-0.4, -0.2) is 109 Å². The van der Waals surface area contributed by atoms with Gasteiger partial charge in [-0.3, -0.25) is 24.2 Å². The molecule has 11 heterocycles. The maximum absolute atomic E-state index is 12.2. The Labute approximate surface area is 756 Å². The van der Waals surface area contributed by atoms with Gasteiger partial charge < -0.3 is 31.4 Å². The molecule has 0 saturated carbocycles. The number of ether oxygens (including phenoxy) is 1. The number of nitrogens with zero attached hydrogens (tertiary/aromatic N) is 14. The summed E-state index contributed by atoms with van der Waals surface area (Å²) >= 11 is 6.90. The maximum Gasteiger partial charge on any atom is 0.333 e. The third-order valence-corrected chi connectivity index (χ3v) is 22.4. The number of benzene rings is 6. The van der Waals surface area contributed by atoms with Crippen LogP contribution in [0.5, 0.6) is 5.88 Å². The number of hydrogen-bond acceptors (Lipinski definition) is 23. The second-order valence-corrected chi connectivity index (χ2v) is 31.8. The van der Waals surface area contributed by atoms with Gasteiger partial charge in [-0.1, -0.05) is 214 Å². The van der Waals surface area contributed by atoms with Crippen LogP contribution in [0.4, 0.5) is 0 Å². The SMILES string of the molecule is CCc1nc(-c2ccc(C)cc2)c2nsnc2c1-c1ccc(C)cc1.COc1ccccn1.Cc1ccc(-c2nc(/C=C/c3cccc[n+]3CCCCC(=O)ON3C(=O)CCC3=O)c(-c3ccc(C)cc3)c3nsnc23)cc1.Cc1ccc(-c2nc(/C=C/c3ccccn3)c(-c3ccc(C)cc3)c3nsnc23)cc1.O=C(CCCCBr)ON1C(=O)CCC1=O.[Br-]. The highest BCUT2D eigenvalue weighted by atomic mass is 79.9. The molecular weight excluding hydrogens is 1760 g/mol. The number of carbonyl (C=O) groups is 6. The Morgan fingerprint density at radius 3 is 1.17 bits per heavy atom. The van der Waals surface area contributed by atoms with Gasteiger partial charge >= 0.3 is 11.9 Å². The maximum atomic E-state index is 12.2. The van der Waals surface area contributed by atoms with E-state index in [9.17, 15) is 28.8 Å². The van der Waals surface area contributed by atoms with Crippen molar-refractivity contribution in [3.8, 4) is 73.0 Å². The molecule has 2 saturated heterocycles. The highest BCUT2D eigenvalue weighted by Crippen LogP contribution is 2.41. The lowest BCUT2D eigenvalue weighted by atomic mass is 9.97. The number of fused-ring (bicyclic) bond motifs is 3. The van der Waals surface area contributed by atoms with Gasteiger partial charge in [-0.15, -0.1) is 10.1 Å². The van der Waals surface area contributed by atoms with Crippen LogP contribution in [0.15, 0.2) is 219 Å². The van der Waals surface area contributed by atoms with E-state index in [2.05, 4.69) is 251 Å². The monoisotopic (exact) mass is 1850 g/mol. The second kappa shape index (κ2) is 44.5. The highest BCUT2D eigenvalue weighted by molar-refractivity contribution is 9.09. The molecule has 17 rings (SSSR count). The molecule has 125 heavy (non-hydrogen) atoms. The Bertz CT molecular complexity index is 6290. The van der Waals surface area contributed by atoms with Crippen LogP contribution in [-0.2, 0) is 51.4 Å². The third-order valence-electron chi connectivity index (χ3n) is 20.2. The molecule has 6 aromatic carbocycles. The molecule has 23 nitrogen and oxygen atoms in total. The van der Waals surface area contributed by atoms with Gasteiger partial charge in [0.1, 0.15) is 39.6 Å². The summed E-state index contributed by atoms with van der Waals surface area (Å²) in [5.41, 5.74) is 28.9. The molecule has 15 aromatic rings. The predicted octanol–water partition coefficient (Wildman–Crippen LogP) is 17.7. The standard InChI is InChI=1S/C35H32N5O4S.C26H20N4S.C21H19N3S.C9H12BrNO4.C6H7NO.BrH/c1-23-9-13-25(14-10-23)32-28(36-33(35-34(32)37-45-38-35)26-15-11-24(2)12-16-26)18-17-27-7-3-5-21-39(27)22-6-4-8-31(43)44-40-29(41)19-20-30(40)42;1-17-6-10-19(11-7-17)23-22(15-14-21-5-3-4-16-27-21)28-24(26-25(23)29-31-30-26)20-12-8-18(2)9-13-20;1-4-17-18(15-9-5-13(2)6-10-15)20-21(24-25-23-20)19(22-17)16-11-7-14(3)8-12-16;10-6-2-1-3-9(14)15-11-7(12)4-5-8(11)13;1-8-6-4-2-3-5-7-6;/h3,5,7,9-18,21H,4,6,8,19-20,22H2,1-2H3;3-16H,1-2H3;5-12H,4H2,1-3H3;1-6H2;2-5H,1H3;1H/q+1;;;;;/p-1/b18-17+;15-14+;;;;. The lowest BCUT2D eigenvalue weighted by molar-refractivity contribution is -0.699. The summed E-state index contributed by atoms with van der Waals surface area (Å²) in [6.45, 7) is 15.3. The molecule has 2 aliphatic heterocycles. The molecule has 0 N–H and O–H groups in total. The lowest BCUT2D eigenvalue weighted by Crippen LogP contribution is -3.00. The number of pyridine rings is 6. The predicted molar refractivity (Wildman–Crippen MR) is 491 cm³/mol. The Hall–Kier alpha value is -12.9. The quantitative estimate of drug-likeness (QED) is 0.0249. The fourth-order valence-corrected chi connectivity index (χ4v) is 15.6. The number of hydrogen-bond donors (Lipinski definition) is 0. The van der Waals surface area contributed by atoms with Gasteiger partial charge in [0, 0.05) is 120 Å². The Morgan fingerprint density at radius 1 is 0.416 bits per heavy atom. The average Bonchev–Trinajstić information content (AvgIpc) is 1.69. The fourth-order valence-electron chi connectivity index (χ4n) is 13.5. The van der Waals surface area contributed by atoms with Crippen molar-refractivity contribution in [2.75, 3.05) is 12.4 Å². The largest absolute Gasteiger partial charge is 1.00 e. The van der Waals surface area contributed by atoms with Crippen molar-refractivity contribution < 1.29 is 64.7 Å². The van der Waals surface area contributed by atoms with E-state index in [1.807, 2.05) is 79.0 Å². The summed E-state index contributed by atoms with van der Waals surface area (Å²) in [4.78, 5) is 102. The first kappa shape index (κ1) is 91.3. The Balaban J connectivity index is 0.000000155. The smallest absolute Gasteiger partial charge is 0.333 e. The molecule has 634 valence electrons. The van der Waals surface area contributed by atoms with Crippen LogP contribution in [0.2, 0.25) is 0 Å². The van der Waals surface area contributed by atoms with Gasteiger partial charge in [0.25, 0.3) is 23.6 Å². The molecule has 2 fully saturated rings. The van der Waals surface area contributed by atoms with Gasteiger partial charge in [-0.05, 0) is 126 Å². The molecular formula is C97H90Br2N14O9S3. The van der Waals surface area contributed by atoms with Crippen molar-refractivity contribution in [1.29, 1.82) is 0 Å². The zero-order valence-electron chi connectivity index (χ0n) is 70.2. The fraction of sp³-hybridized carbons (Fsp3) is 0.216. The number of carbonyl (C=O) groups excluding carboxylic acids is 6. The third kappa shape index (κ3) is 23.7. The van der Waals surface area contributed by atoms with E-state index in [0.29, 0.717) is 41.8 Å². The van der Waals surface area contributed by atoms with Gasteiger partial charge in [-0.25, -0.2) is 29.5 Å². The molecule has 4 amide bonds. The minimum Gasteiger partial charge on any atom is -1.00 e. The van der Waals surface area contributed by atoms with Crippen molar-refractivity contribution >= 4 is 144 Å². The summed E-state index contributed by atoms with van der Waals surface area (Å²) in [5, 5.41) is 2.00. The zero-order valence-corrected chi connectivity index (χ0v) is 75.8. The van der Waals surface area contributed by atoms with E-state index in [4.69, 9.17) is 28.9 Å². The molecule has 9 aromatic heterocycles. The topological polar surface area (TPSA) is 282 Å². The average molecular weight is 1850 g/mol. The molecule has 0 spiro atoms. The van der Waals surface area contributed by atoms with Crippen molar-refractivity contribution in [3.63, 3.8) is 0 Å². The number of halogens is 2. The van der Waals surface area contributed by atoms with Crippen molar-refractivity contribution in [2.24, 2.45) is 0 Å². The summed E-state index contributed by atoms with van der Waals surface area (Å²) in [6, 6.07) is 67.9. The molecule has 0 atom stereocenters. The summed E-state index contributed by atoms with van der Waals surface area (Å²) in [7, 11) is 1.60. The van der Waals surface area contributed by atoms with Gasteiger partial charge in [0.05, 0.1) is 82.2 Å². The summed E-state index contributed by atoms with van der Waals surface area (Å²) in [5.74, 6) is -2.26. The summed E-state index contributed by atoms with van der Waals surface area (Å²) < 4.78 is 34.8. The van der Waals surface area contributed by atoms with Crippen molar-refractivity contribution in [1.82, 2.24) is 61.3 Å². The molecule has 2 aliphatic rings. The van der Waals surface area contributed by atoms with E-state index < -0.39 is 35.6 Å². The number of aromatic nitrogens is 12. The molecule has 0 radical (unpaired) electrons. The number of amides is 4. The first-order valence-electron chi connectivity index (χ1n) is 40.6. The summed E-state index contributed by atoms with van der Waals surface area (Å²) in [6.07, 6.45) is 18.0. The molecule has 0 bridgehead atoms. The van der Waals surface area contributed by atoms with Gasteiger partial charge in [0.15, 0.2) is 6.20 Å². The number of rotatable bonds is 23. The van der Waals surface area contributed by atoms with E-state index >= 15 is 0 Å². The normalized spacial score (nSPS) is 12.3. The molecule has 0 aliphatic carbocycles. The molecule has 0 unspecified atom stereocenters. The lowest BCUT2D eigenvalue weighted by Gasteiger charge is -2.12. The zero-order chi connectivity index (χ0) is 87.0. The second-order valence-electron chi connectivity index (χ2n) is 29.5. The number of imide groups is 2. The van der Waals surface area contributed by atoms with E-state index in [-0.39, 0.29) is 55.5 Å². The molecule has 28 heteroatoms. The first-order valence-corrected chi connectivity index (χ1v) is 43.9. The van der Waals surface area contributed by atoms with E-state index in [0.717, 1.165) is 147 Å². The number of alkyl halides is 1. The van der Waals surface area contributed by atoms with Crippen LogP contribution >= 0.6 is 51.1 Å². The van der Waals surface area contributed by atoms with Crippen LogP contribution in [0, 0.1) is 41.5 Å². The van der Waals surface area contributed by atoms with Gasteiger partial charge in [-0.2, -0.15) is 30.8 Å². The highest BCUT2D eigenvalue weighted by Gasteiger charge is 2.34. The number of unbranched alkanes of at least 4 members (excludes halogenated alkanes) is 2. The number of hydroxylamine groups is 4. The van der Waals surface area contributed by atoms with Crippen LogP contribution < -0.4 is 26.3 Å². The van der Waals surface area contributed by atoms with Crippen LogP contribution in [0.3, 0.4) is 0 Å². The van der Waals surface area contributed by atoms with Crippen LogP contribution in [0.25, 0.3) is 125 Å². The Kier molecular flexibility index (Phi) is 32.5.